The molecule has 1 aliphatic heterocycles. The Balaban J connectivity index is 2.68. The van der Waals surface area contributed by atoms with E-state index in [1.165, 1.54) is 7.11 Å². The summed E-state index contributed by atoms with van der Waals surface area (Å²) in [4.78, 5) is 28.5. The molecule has 5 heteroatoms. The molecule has 0 amide bonds. The van der Waals surface area contributed by atoms with Crippen LogP contribution in [-0.4, -0.2) is 29.9 Å². The molecule has 2 atom stereocenters. The second kappa shape index (κ2) is 6.77. The van der Waals surface area contributed by atoms with Gasteiger partial charge in [0.15, 0.2) is 0 Å². The van der Waals surface area contributed by atoms with Crippen LogP contribution < -0.4 is 0 Å². The van der Waals surface area contributed by atoms with Crippen molar-refractivity contribution in [2.75, 3.05) is 7.11 Å². The third-order valence-corrected chi connectivity index (χ3v) is 4.17. The Morgan fingerprint density at radius 2 is 1.83 bits per heavy atom. The summed E-state index contributed by atoms with van der Waals surface area (Å²) in [6.45, 7) is 5.57. The predicted octanol–water partition coefficient (Wildman–Crippen LogP) is 3.09. The van der Waals surface area contributed by atoms with Gasteiger partial charge in [0.25, 0.3) is 0 Å². The van der Waals surface area contributed by atoms with Crippen LogP contribution in [0.3, 0.4) is 0 Å². The highest BCUT2D eigenvalue weighted by Gasteiger charge is 2.41. The Morgan fingerprint density at radius 1 is 1.22 bits per heavy atom. The molecule has 2 rings (SSSR count). The van der Waals surface area contributed by atoms with E-state index in [-0.39, 0.29) is 5.57 Å². The standard InChI is InChI=1S/C18H21NO4/c1-5-13-16(17(20)21)15(12-8-6-10(2)7-9-12)14(11(3)19-13)18(22)23-4/h6-9,14-15H,5H2,1-4H3,(H,20,21). The number of benzene rings is 1. The minimum atomic E-state index is -1.04. The van der Waals surface area contributed by atoms with Crippen LogP contribution in [0.25, 0.3) is 0 Å². The summed E-state index contributed by atoms with van der Waals surface area (Å²) >= 11 is 0. The van der Waals surface area contributed by atoms with Crippen molar-refractivity contribution in [3.8, 4) is 0 Å². The van der Waals surface area contributed by atoms with Crippen LogP contribution >= 0.6 is 0 Å². The van der Waals surface area contributed by atoms with Crippen LogP contribution in [0.2, 0.25) is 0 Å². The molecule has 5 nitrogen and oxygen atoms in total. The van der Waals surface area contributed by atoms with Crippen molar-refractivity contribution in [3.05, 3.63) is 46.7 Å². The van der Waals surface area contributed by atoms with Gasteiger partial charge in [-0.05, 0) is 25.8 Å². The van der Waals surface area contributed by atoms with Gasteiger partial charge < -0.3 is 9.84 Å². The number of esters is 1. The lowest BCUT2D eigenvalue weighted by molar-refractivity contribution is -0.143. The molecule has 1 aliphatic rings. The number of hydrogen-bond donors (Lipinski definition) is 1. The Bertz CT molecular complexity index is 685. The van der Waals surface area contributed by atoms with Crippen molar-refractivity contribution in [1.82, 2.24) is 0 Å². The number of carbonyl (C=O) groups is 2. The number of ether oxygens (including phenoxy) is 1. The lowest BCUT2D eigenvalue weighted by Crippen LogP contribution is -2.35. The van der Waals surface area contributed by atoms with E-state index < -0.39 is 23.8 Å². The average molecular weight is 315 g/mol. The van der Waals surface area contributed by atoms with E-state index in [9.17, 15) is 14.7 Å². The van der Waals surface area contributed by atoms with Gasteiger partial charge in [-0.2, -0.15) is 0 Å². The van der Waals surface area contributed by atoms with Crippen LogP contribution in [0.4, 0.5) is 0 Å². The van der Waals surface area contributed by atoms with E-state index in [2.05, 4.69) is 4.99 Å². The molecule has 122 valence electrons. The maximum absolute atomic E-state index is 12.3. The molecule has 2 unspecified atom stereocenters. The molecule has 0 saturated carbocycles. The van der Waals surface area contributed by atoms with Crippen molar-refractivity contribution >= 4 is 17.7 Å². The summed E-state index contributed by atoms with van der Waals surface area (Å²) in [6.07, 6.45) is 0.495. The number of carboxylic acid groups (broad SMARTS) is 1. The van der Waals surface area contributed by atoms with Gasteiger partial charge in [-0.25, -0.2) is 4.79 Å². The number of aliphatic imine (C=N–C) groups is 1. The van der Waals surface area contributed by atoms with Gasteiger partial charge in [0.2, 0.25) is 0 Å². The summed E-state index contributed by atoms with van der Waals surface area (Å²) in [5, 5.41) is 9.71. The van der Waals surface area contributed by atoms with Gasteiger partial charge in [0.05, 0.1) is 18.4 Å². The molecule has 0 fully saturated rings. The van der Waals surface area contributed by atoms with E-state index in [1.54, 1.807) is 6.92 Å². The molecule has 1 aromatic rings. The summed E-state index contributed by atoms with van der Waals surface area (Å²) < 4.78 is 4.90. The van der Waals surface area contributed by atoms with Gasteiger partial charge in [-0.3, -0.25) is 9.79 Å². The van der Waals surface area contributed by atoms with E-state index in [0.717, 1.165) is 11.1 Å². The molecule has 1 aromatic carbocycles. The van der Waals surface area contributed by atoms with Crippen molar-refractivity contribution in [1.29, 1.82) is 0 Å². The van der Waals surface area contributed by atoms with E-state index >= 15 is 0 Å². The van der Waals surface area contributed by atoms with Crippen molar-refractivity contribution in [3.63, 3.8) is 0 Å². The molecule has 0 bridgehead atoms. The molecule has 0 aliphatic carbocycles. The third-order valence-electron chi connectivity index (χ3n) is 4.17. The average Bonchev–Trinajstić information content (AvgIpc) is 2.53. The van der Waals surface area contributed by atoms with Crippen molar-refractivity contribution < 1.29 is 19.4 Å². The summed E-state index contributed by atoms with van der Waals surface area (Å²) in [5.74, 6) is -2.82. The maximum atomic E-state index is 12.3. The molecule has 1 N–H and O–H groups in total. The first-order valence-electron chi connectivity index (χ1n) is 7.56. The topological polar surface area (TPSA) is 76.0 Å². The van der Waals surface area contributed by atoms with Crippen LogP contribution in [0.5, 0.6) is 0 Å². The molecule has 0 spiro atoms. The highest BCUT2D eigenvalue weighted by molar-refractivity contribution is 6.06. The van der Waals surface area contributed by atoms with Crippen LogP contribution in [-0.2, 0) is 14.3 Å². The summed E-state index contributed by atoms with van der Waals surface area (Å²) in [7, 11) is 1.31. The fourth-order valence-electron chi connectivity index (χ4n) is 3.02. The first kappa shape index (κ1) is 16.9. The molecular formula is C18H21NO4. The number of hydrogen-bond acceptors (Lipinski definition) is 4. The number of carboxylic acids is 1. The highest BCUT2D eigenvalue weighted by Crippen LogP contribution is 2.40. The summed E-state index contributed by atoms with van der Waals surface area (Å²) in [5.41, 5.74) is 3.13. The first-order chi connectivity index (χ1) is 10.9. The molecule has 0 radical (unpaired) electrons. The fraction of sp³-hybridized carbons (Fsp3) is 0.389. The normalized spacial score (nSPS) is 21.0. The Morgan fingerprint density at radius 3 is 2.30 bits per heavy atom. The molecule has 0 aromatic heterocycles. The number of methoxy groups -OCH3 is 1. The first-order valence-corrected chi connectivity index (χ1v) is 7.56. The minimum absolute atomic E-state index is 0.178. The number of aryl methyl sites for hydroxylation is 1. The van der Waals surface area contributed by atoms with Crippen molar-refractivity contribution in [2.24, 2.45) is 10.9 Å². The second-order valence-electron chi connectivity index (χ2n) is 5.66. The van der Waals surface area contributed by atoms with Gasteiger partial charge in [0, 0.05) is 11.6 Å². The van der Waals surface area contributed by atoms with Gasteiger partial charge in [-0.1, -0.05) is 36.8 Å². The second-order valence-corrected chi connectivity index (χ2v) is 5.66. The lowest BCUT2D eigenvalue weighted by Gasteiger charge is -2.31. The van der Waals surface area contributed by atoms with Crippen molar-refractivity contribution in [2.45, 2.75) is 33.1 Å². The van der Waals surface area contributed by atoms with Gasteiger partial charge in [-0.15, -0.1) is 0 Å². The molecule has 1 heterocycles. The zero-order chi connectivity index (χ0) is 17.1. The molecule has 23 heavy (non-hydrogen) atoms. The summed E-state index contributed by atoms with van der Waals surface area (Å²) in [6, 6.07) is 7.56. The highest BCUT2D eigenvalue weighted by atomic mass is 16.5. The molecular weight excluding hydrogens is 294 g/mol. The van der Waals surface area contributed by atoms with Gasteiger partial charge >= 0.3 is 11.9 Å². The number of carbonyl (C=O) groups excluding carboxylic acids is 1. The minimum Gasteiger partial charge on any atom is -0.478 e. The number of aliphatic carboxylic acids is 1. The van der Waals surface area contributed by atoms with Crippen LogP contribution in [0, 0.1) is 12.8 Å². The fourth-order valence-corrected chi connectivity index (χ4v) is 3.02. The maximum Gasteiger partial charge on any atom is 0.334 e. The zero-order valence-corrected chi connectivity index (χ0v) is 13.8. The lowest BCUT2D eigenvalue weighted by atomic mass is 9.75. The Kier molecular flexibility index (Phi) is 4.98. The molecule has 0 saturated heterocycles. The largest absolute Gasteiger partial charge is 0.478 e. The number of nitrogens with zero attached hydrogens (tertiary/aromatic N) is 1. The predicted molar refractivity (Wildman–Crippen MR) is 87.5 cm³/mol. The quantitative estimate of drug-likeness (QED) is 0.866. The zero-order valence-electron chi connectivity index (χ0n) is 13.8. The number of rotatable bonds is 4. The number of allylic oxidation sites excluding steroid dienone is 1. The van der Waals surface area contributed by atoms with Crippen LogP contribution in [0.1, 0.15) is 37.3 Å². The Hall–Kier alpha value is -2.43. The van der Waals surface area contributed by atoms with E-state index in [4.69, 9.17) is 4.74 Å². The smallest absolute Gasteiger partial charge is 0.334 e. The SMILES string of the molecule is CCC1=C(C(=O)O)C(c2ccc(C)cc2)C(C(=O)OC)C(C)=N1. The Labute approximate surface area is 135 Å². The van der Waals surface area contributed by atoms with Crippen LogP contribution in [0.15, 0.2) is 40.5 Å². The van der Waals surface area contributed by atoms with Gasteiger partial charge in [0.1, 0.15) is 5.92 Å². The van der Waals surface area contributed by atoms with E-state index in [0.29, 0.717) is 17.8 Å². The van der Waals surface area contributed by atoms with E-state index in [1.807, 2.05) is 38.1 Å². The third kappa shape index (κ3) is 3.18. The monoisotopic (exact) mass is 315 g/mol.